The van der Waals surface area contributed by atoms with Crippen LogP contribution in [0.5, 0.6) is 0 Å². The van der Waals surface area contributed by atoms with E-state index in [1.165, 1.54) is 19.2 Å². The molecule has 0 aliphatic rings. The smallest absolute Gasteiger partial charge is 0.288 e. The van der Waals surface area contributed by atoms with Gasteiger partial charge in [0, 0.05) is 18.9 Å². The number of nitro groups is 1. The average molecular weight is 275 g/mol. The predicted molar refractivity (Wildman–Crippen MR) is 69.2 cm³/mol. The maximum absolute atomic E-state index is 10.7. The van der Waals surface area contributed by atoms with Crippen molar-refractivity contribution in [1.29, 1.82) is 0 Å². The Bertz CT molecular complexity index is 439. The lowest BCUT2D eigenvalue weighted by Gasteiger charge is -2.18. The molecule has 0 spiro atoms. The fourth-order valence-corrected chi connectivity index (χ4v) is 1.76. The number of nitro benzene ring substituents is 1. The van der Waals surface area contributed by atoms with Crippen LogP contribution in [0, 0.1) is 17.0 Å². The molecule has 0 saturated heterocycles. The number of ether oxygens (including phenoxy) is 1. The fraction of sp³-hybridized carbons (Fsp3) is 0.455. The van der Waals surface area contributed by atoms with Crippen LogP contribution in [-0.2, 0) is 4.74 Å². The van der Waals surface area contributed by atoms with Crippen LogP contribution in [0.25, 0.3) is 0 Å². The van der Waals surface area contributed by atoms with Crippen molar-refractivity contribution in [3.63, 3.8) is 0 Å². The number of methoxy groups -OCH3 is 1. The summed E-state index contributed by atoms with van der Waals surface area (Å²) >= 11 is 5.82. The van der Waals surface area contributed by atoms with Gasteiger partial charge in [0.05, 0.1) is 24.2 Å². The van der Waals surface area contributed by atoms with Crippen molar-refractivity contribution in [2.75, 3.05) is 25.6 Å². The van der Waals surface area contributed by atoms with Gasteiger partial charge in [-0.2, -0.15) is 0 Å². The molecule has 18 heavy (non-hydrogen) atoms. The minimum absolute atomic E-state index is 0.0576. The second-order valence-corrected chi connectivity index (χ2v) is 4.26. The summed E-state index contributed by atoms with van der Waals surface area (Å²) in [6.45, 7) is 1.94. The van der Waals surface area contributed by atoms with E-state index in [4.69, 9.17) is 21.4 Å². The number of halogens is 1. The van der Waals surface area contributed by atoms with E-state index in [9.17, 15) is 10.1 Å². The molecule has 7 heteroatoms. The van der Waals surface area contributed by atoms with Gasteiger partial charge in [0.1, 0.15) is 5.02 Å². The third-order valence-electron chi connectivity index (χ3n) is 2.44. The highest BCUT2D eigenvalue weighted by atomic mass is 35.5. The van der Waals surface area contributed by atoms with Crippen LogP contribution >= 0.6 is 11.6 Å². The van der Waals surface area contributed by atoms with Crippen molar-refractivity contribution >= 4 is 23.0 Å². The highest BCUT2D eigenvalue weighted by Crippen LogP contribution is 2.30. The molecule has 0 amide bonds. The average Bonchev–Trinajstić information content (AvgIpc) is 2.32. The summed E-state index contributed by atoms with van der Waals surface area (Å²) in [4.78, 5) is 10.2. The van der Waals surface area contributed by atoms with Crippen LogP contribution in [0.2, 0.25) is 5.02 Å². The molecule has 0 aliphatic carbocycles. The van der Waals surface area contributed by atoms with Gasteiger partial charge in [-0.05, 0) is 18.6 Å². The molecule has 1 rings (SSSR count). The molecule has 1 aromatic carbocycles. The first-order chi connectivity index (χ1) is 8.49. The van der Waals surface area contributed by atoms with Crippen molar-refractivity contribution in [2.24, 2.45) is 0 Å². The number of nitrogens with one attached hydrogen (secondary N) is 1. The number of rotatable bonds is 6. The van der Waals surface area contributed by atoms with Gasteiger partial charge < -0.3 is 15.2 Å². The first kappa shape index (κ1) is 14.7. The van der Waals surface area contributed by atoms with Crippen LogP contribution in [0.1, 0.15) is 5.56 Å². The number of nitrogens with zero attached hydrogens (tertiary/aromatic N) is 1. The largest absolute Gasteiger partial charge is 0.394 e. The molecule has 0 fully saturated rings. The van der Waals surface area contributed by atoms with Crippen molar-refractivity contribution in [3.05, 3.63) is 32.8 Å². The van der Waals surface area contributed by atoms with Crippen molar-refractivity contribution in [2.45, 2.75) is 13.0 Å². The van der Waals surface area contributed by atoms with E-state index >= 15 is 0 Å². The lowest BCUT2D eigenvalue weighted by Crippen LogP contribution is -2.29. The van der Waals surface area contributed by atoms with Crippen molar-refractivity contribution < 1.29 is 14.8 Å². The van der Waals surface area contributed by atoms with Gasteiger partial charge in [-0.1, -0.05) is 11.6 Å². The first-order valence-electron chi connectivity index (χ1n) is 5.30. The van der Waals surface area contributed by atoms with Crippen LogP contribution in [-0.4, -0.2) is 36.4 Å². The summed E-state index contributed by atoms with van der Waals surface area (Å²) in [5.74, 6) is 0. The van der Waals surface area contributed by atoms with E-state index in [1.807, 2.05) is 0 Å². The van der Waals surface area contributed by atoms with Gasteiger partial charge in [0.15, 0.2) is 0 Å². The summed E-state index contributed by atoms with van der Waals surface area (Å²) in [6.07, 6.45) is 0. The molecule has 6 nitrogen and oxygen atoms in total. The molecular weight excluding hydrogens is 260 g/mol. The topological polar surface area (TPSA) is 84.6 Å². The van der Waals surface area contributed by atoms with E-state index in [0.29, 0.717) is 17.9 Å². The van der Waals surface area contributed by atoms with Gasteiger partial charge >= 0.3 is 0 Å². The maximum atomic E-state index is 10.7. The molecule has 1 atom stereocenters. The minimum atomic E-state index is -0.530. The highest BCUT2D eigenvalue weighted by molar-refractivity contribution is 6.33. The molecule has 100 valence electrons. The van der Waals surface area contributed by atoms with Crippen molar-refractivity contribution in [3.8, 4) is 0 Å². The fourth-order valence-electron chi connectivity index (χ4n) is 1.52. The number of anilines is 1. The number of hydrogen-bond acceptors (Lipinski definition) is 5. The van der Waals surface area contributed by atoms with Crippen LogP contribution in [0.15, 0.2) is 12.1 Å². The molecular formula is C11H15ClN2O4. The number of aliphatic hydroxyl groups is 1. The van der Waals surface area contributed by atoms with E-state index in [0.717, 1.165) is 0 Å². The molecule has 0 bridgehead atoms. The van der Waals surface area contributed by atoms with E-state index < -0.39 is 4.92 Å². The maximum Gasteiger partial charge on any atom is 0.288 e. The number of hydrogen-bond donors (Lipinski definition) is 2. The van der Waals surface area contributed by atoms with Crippen LogP contribution in [0.3, 0.4) is 0 Å². The van der Waals surface area contributed by atoms with Gasteiger partial charge in [-0.3, -0.25) is 10.1 Å². The van der Waals surface area contributed by atoms with Crippen LogP contribution in [0.4, 0.5) is 11.4 Å². The monoisotopic (exact) mass is 274 g/mol. The zero-order valence-electron chi connectivity index (χ0n) is 10.1. The minimum Gasteiger partial charge on any atom is -0.394 e. The lowest BCUT2D eigenvalue weighted by atomic mass is 10.1. The molecule has 1 aromatic rings. The standard InChI is InChI=1S/C11H15ClN2O4/c1-7-3-11(14(16)17)9(12)4-10(7)13-8(5-15)6-18-2/h3-4,8,13,15H,5-6H2,1-2H3. The predicted octanol–water partition coefficient (Wildman–Crippen LogP) is 1.98. The number of aryl methyl sites for hydroxylation is 1. The van der Waals surface area contributed by atoms with Crippen LogP contribution < -0.4 is 5.32 Å². The third-order valence-corrected chi connectivity index (χ3v) is 2.74. The summed E-state index contributed by atoms with van der Waals surface area (Å²) in [6, 6.07) is 2.59. The first-order valence-corrected chi connectivity index (χ1v) is 5.68. The number of aliphatic hydroxyl groups excluding tert-OH is 1. The van der Waals surface area contributed by atoms with E-state index in [1.54, 1.807) is 6.92 Å². The second kappa shape index (κ2) is 6.53. The highest BCUT2D eigenvalue weighted by Gasteiger charge is 2.16. The van der Waals surface area contributed by atoms with Gasteiger partial charge in [-0.25, -0.2) is 0 Å². The van der Waals surface area contributed by atoms with Gasteiger partial charge in [0.2, 0.25) is 0 Å². The number of benzene rings is 1. The summed E-state index contributed by atoms with van der Waals surface area (Å²) < 4.78 is 4.94. The second-order valence-electron chi connectivity index (χ2n) is 3.85. The molecule has 1 unspecified atom stereocenters. The third kappa shape index (κ3) is 3.56. The van der Waals surface area contributed by atoms with E-state index in [-0.39, 0.29) is 23.4 Å². The Morgan fingerprint density at radius 2 is 2.28 bits per heavy atom. The summed E-state index contributed by atoms with van der Waals surface area (Å²) in [7, 11) is 1.53. The van der Waals surface area contributed by atoms with Gasteiger partial charge in [0.25, 0.3) is 5.69 Å². The molecule has 0 heterocycles. The summed E-state index contributed by atoms with van der Waals surface area (Å²) in [5, 5.41) is 22.9. The Morgan fingerprint density at radius 3 is 2.78 bits per heavy atom. The SMILES string of the molecule is COCC(CO)Nc1cc(Cl)c([N+](=O)[O-])cc1C. The van der Waals surface area contributed by atoms with Gasteiger partial charge in [-0.15, -0.1) is 0 Å². The molecule has 0 saturated carbocycles. The summed E-state index contributed by atoms with van der Waals surface area (Å²) in [5.41, 5.74) is 1.19. The molecule has 2 N–H and O–H groups in total. The quantitative estimate of drug-likeness (QED) is 0.612. The Hall–Kier alpha value is -1.37. The van der Waals surface area contributed by atoms with E-state index in [2.05, 4.69) is 5.32 Å². The molecule has 0 aliphatic heterocycles. The Balaban J connectivity index is 2.97. The lowest BCUT2D eigenvalue weighted by molar-refractivity contribution is -0.384. The molecule has 0 radical (unpaired) electrons. The molecule has 0 aromatic heterocycles. The van der Waals surface area contributed by atoms with Crippen molar-refractivity contribution in [1.82, 2.24) is 0 Å². The Morgan fingerprint density at radius 1 is 1.61 bits per heavy atom. The zero-order valence-corrected chi connectivity index (χ0v) is 10.9. The Kier molecular flexibility index (Phi) is 5.33. The normalized spacial score (nSPS) is 12.2. The zero-order chi connectivity index (χ0) is 13.7. The Labute approximate surface area is 110 Å².